The van der Waals surface area contributed by atoms with Crippen LogP contribution in [0.15, 0.2) is 47.4 Å². The second-order valence-electron chi connectivity index (χ2n) is 5.80. The number of aryl methyl sites for hydroxylation is 1. The summed E-state index contributed by atoms with van der Waals surface area (Å²) in [5.74, 6) is -0.777. The highest BCUT2D eigenvalue weighted by molar-refractivity contribution is 7.91. The summed E-state index contributed by atoms with van der Waals surface area (Å²) in [5, 5.41) is 10.8. The first-order valence-corrected chi connectivity index (χ1v) is 9.64. The van der Waals surface area contributed by atoms with Gasteiger partial charge in [0, 0.05) is 17.7 Å². The quantitative estimate of drug-likeness (QED) is 0.385. The lowest BCUT2D eigenvalue weighted by Crippen LogP contribution is -2.14. The lowest BCUT2D eigenvalue weighted by molar-refractivity contribution is -0.385. The van der Waals surface area contributed by atoms with E-state index in [2.05, 4.69) is 0 Å². The van der Waals surface area contributed by atoms with Crippen molar-refractivity contribution in [3.05, 3.63) is 63.7 Å². The van der Waals surface area contributed by atoms with Crippen LogP contribution in [0.2, 0.25) is 0 Å². The molecule has 0 saturated heterocycles. The number of nitro benzene ring substituents is 1. The number of carbonyl (C=O) groups is 1. The van der Waals surface area contributed by atoms with Gasteiger partial charge in [0.05, 0.1) is 29.1 Å². The largest absolute Gasteiger partial charge is 0.496 e. The number of nitro groups is 1. The summed E-state index contributed by atoms with van der Waals surface area (Å²) in [7, 11) is -2.21. The van der Waals surface area contributed by atoms with Gasteiger partial charge in [-0.1, -0.05) is 17.7 Å². The van der Waals surface area contributed by atoms with Crippen LogP contribution in [0.1, 0.15) is 17.5 Å². The van der Waals surface area contributed by atoms with Gasteiger partial charge in [-0.2, -0.15) is 0 Å². The van der Waals surface area contributed by atoms with Gasteiger partial charge < -0.3 is 9.47 Å². The Morgan fingerprint density at radius 3 is 2.41 bits per heavy atom. The number of sulfone groups is 1. The molecule has 0 saturated carbocycles. The summed E-state index contributed by atoms with van der Waals surface area (Å²) in [6, 6.07) is 10.3. The molecule has 0 N–H and O–H groups in total. The Kier molecular flexibility index (Phi) is 6.51. The van der Waals surface area contributed by atoms with E-state index in [4.69, 9.17) is 9.47 Å². The molecule has 0 aromatic heterocycles. The van der Waals surface area contributed by atoms with E-state index < -0.39 is 20.7 Å². The van der Waals surface area contributed by atoms with Crippen molar-refractivity contribution < 1.29 is 27.6 Å². The van der Waals surface area contributed by atoms with Crippen LogP contribution in [-0.2, 0) is 26.0 Å². The molecule has 0 bridgehead atoms. The van der Waals surface area contributed by atoms with E-state index in [1.54, 1.807) is 12.1 Å². The molecule has 27 heavy (non-hydrogen) atoms. The molecule has 9 heteroatoms. The van der Waals surface area contributed by atoms with Crippen molar-refractivity contribution in [1.29, 1.82) is 0 Å². The molecule has 0 atom stereocenters. The maximum Gasteiger partial charge on any atom is 0.307 e. The van der Waals surface area contributed by atoms with Crippen molar-refractivity contribution in [3.63, 3.8) is 0 Å². The Bertz CT molecular complexity index is 937. The molecule has 2 aromatic carbocycles. The lowest BCUT2D eigenvalue weighted by atomic mass is 10.2. The summed E-state index contributed by atoms with van der Waals surface area (Å²) < 4.78 is 34.6. The van der Waals surface area contributed by atoms with Crippen molar-refractivity contribution in [2.24, 2.45) is 0 Å². The molecule has 0 aliphatic rings. The molecule has 0 fully saturated rings. The van der Waals surface area contributed by atoms with Crippen molar-refractivity contribution in [2.75, 3.05) is 12.9 Å². The predicted molar refractivity (Wildman–Crippen MR) is 97.3 cm³/mol. The van der Waals surface area contributed by atoms with Crippen LogP contribution in [0.4, 0.5) is 5.69 Å². The normalized spacial score (nSPS) is 11.0. The highest BCUT2D eigenvalue weighted by Crippen LogP contribution is 2.24. The molecule has 2 aromatic rings. The van der Waals surface area contributed by atoms with E-state index in [0.29, 0.717) is 11.3 Å². The molecule has 0 amide bonds. The van der Waals surface area contributed by atoms with Gasteiger partial charge in [-0.15, -0.1) is 0 Å². The first kappa shape index (κ1) is 20.4. The zero-order valence-corrected chi connectivity index (χ0v) is 15.7. The van der Waals surface area contributed by atoms with Gasteiger partial charge in [-0.25, -0.2) is 8.42 Å². The first-order valence-electron chi connectivity index (χ1n) is 7.99. The van der Waals surface area contributed by atoms with E-state index in [1.165, 1.54) is 37.4 Å². The number of carbonyl (C=O) groups excluding carboxylic acids is 1. The van der Waals surface area contributed by atoms with Gasteiger partial charge >= 0.3 is 5.97 Å². The maximum atomic E-state index is 12.2. The summed E-state index contributed by atoms with van der Waals surface area (Å²) in [6.07, 6.45) is -0.326. The van der Waals surface area contributed by atoms with Crippen molar-refractivity contribution >= 4 is 21.5 Å². The fraction of sp³-hybridized carbons (Fsp3) is 0.278. The van der Waals surface area contributed by atoms with Gasteiger partial charge in [0.15, 0.2) is 9.84 Å². The van der Waals surface area contributed by atoms with Crippen LogP contribution in [-0.4, -0.2) is 32.2 Å². The summed E-state index contributed by atoms with van der Waals surface area (Å²) >= 11 is 0. The van der Waals surface area contributed by atoms with E-state index in [-0.39, 0.29) is 29.4 Å². The average Bonchev–Trinajstić information content (AvgIpc) is 2.64. The predicted octanol–water partition coefficient (Wildman–Crippen LogP) is 2.82. The lowest BCUT2D eigenvalue weighted by Gasteiger charge is -2.09. The third-order valence-electron chi connectivity index (χ3n) is 3.82. The summed E-state index contributed by atoms with van der Waals surface area (Å²) in [5.41, 5.74) is 1.09. The minimum atomic E-state index is -3.60. The third kappa shape index (κ3) is 5.52. The second kappa shape index (κ2) is 8.63. The molecule has 8 nitrogen and oxygen atoms in total. The molecule has 144 valence electrons. The number of methoxy groups -OCH3 is 1. The van der Waals surface area contributed by atoms with Gasteiger partial charge in [0.1, 0.15) is 12.4 Å². The molecule has 0 aliphatic heterocycles. The Morgan fingerprint density at radius 1 is 1.15 bits per heavy atom. The number of hydrogen-bond donors (Lipinski definition) is 0. The standard InChI is InChI=1S/C18H19NO7S/c1-13-3-6-16(7-4-13)27(23,24)10-9-18(20)26-12-14-11-15(19(21)22)5-8-17(14)25-2/h3-8,11H,9-10,12H2,1-2H3. The van der Waals surface area contributed by atoms with Crippen LogP contribution in [0, 0.1) is 17.0 Å². The molecule has 0 radical (unpaired) electrons. The van der Waals surface area contributed by atoms with Gasteiger partial charge in [-0.05, 0) is 25.1 Å². The van der Waals surface area contributed by atoms with Crippen molar-refractivity contribution in [3.8, 4) is 5.75 Å². The fourth-order valence-electron chi connectivity index (χ4n) is 2.30. The van der Waals surface area contributed by atoms with Gasteiger partial charge in [0.2, 0.25) is 0 Å². The van der Waals surface area contributed by atoms with Crippen LogP contribution in [0.5, 0.6) is 5.75 Å². The van der Waals surface area contributed by atoms with E-state index in [0.717, 1.165) is 5.56 Å². The number of esters is 1. The third-order valence-corrected chi connectivity index (χ3v) is 5.55. The zero-order valence-electron chi connectivity index (χ0n) is 14.9. The van der Waals surface area contributed by atoms with Gasteiger partial charge in [-0.3, -0.25) is 14.9 Å². The Labute approximate surface area is 156 Å². The number of ether oxygens (including phenoxy) is 2. The molecular formula is C18H19NO7S. The summed E-state index contributed by atoms with van der Waals surface area (Å²) in [4.78, 5) is 22.3. The van der Waals surface area contributed by atoms with Crippen LogP contribution in [0.3, 0.4) is 0 Å². The number of non-ortho nitro benzene ring substituents is 1. The summed E-state index contributed by atoms with van der Waals surface area (Å²) in [6.45, 7) is 1.59. The maximum absolute atomic E-state index is 12.2. The van der Waals surface area contributed by atoms with Crippen LogP contribution < -0.4 is 4.74 Å². The number of rotatable bonds is 8. The number of nitrogens with zero attached hydrogens (tertiary/aromatic N) is 1. The smallest absolute Gasteiger partial charge is 0.307 e. The fourth-order valence-corrected chi connectivity index (χ4v) is 3.52. The molecule has 0 unspecified atom stereocenters. The van der Waals surface area contributed by atoms with Gasteiger partial charge in [0.25, 0.3) is 5.69 Å². The Morgan fingerprint density at radius 2 is 1.81 bits per heavy atom. The minimum absolute atomic E-state index is 0.140. The SMILES string of the molecule is COc1ccc([N+](=O)[O-])cc1COC(=O)CCS(=O)(=O)c1ccc(C)cc1. The second-order valence-corrected chi connectivity index (χ2v) is 7.91. The molecular weight excluding hydrogens is 374 g/mol. The minimum Gasteiger partial charge on any atom is -0.496 e. The molecule has 0 heterocycles. The van der Waals surface area contributed by atoms with Crippen LogP contribution >= 0.6 is 0 Å². The van der Waals surface area contributed by atoms with Crippen LogP contribution in [0.25, 0.3) is 0 Å². The number of hydrogen-bond acceptors (Lipinski definition) is 7. The molecule has 2 rings (SSSR count). The Balaban J connectivity index is 1.97. The van der Waals surface area contributed by atoms with E-state index in [9.17, 15) is 23.3 Å². The van der Waals surface area contributed by atoms with Crippen molar-refractivity contribution in [1.82, 2.24) is 0 Å². The topological polar surface area (TPSA) is 113 Å². The Hall–Kier alpha value is -2.94. The highest BCUT2D eigenvalue weighted by Gasteiger charge is 2.18. The zero-order chi connectivity index (χ0) is 20.0. The first-order chi connectivity index (χ1) is 12.7. The average molecular weight is 393 g/mol. The van der Waals surface area contributed by atoms with E-state index in [1.807, 2.05) is 6.92 Å². The van der Waals surface area contributed by atoms with E-state index >= 15 is 0 Å². The molecule has 0 spiro atoms. The van der Waals surface area contributed by atoms with Crippen molar-refractivity contribution in [2.45, 2.75) is 24.8 Å². The monoisotopic (exact) mass is 393 g/mol. The number of benzene rings is 2. The molecule has 0 aliphatic carbocycles. The highest BCUT2D eigenvalue weighted by atomic mass is 32.2.